The van der Waals surface area contributed by atoms with Gasteiger partial charge in [0.25, 0.3) is 5.91 Å². The van der Waals surface area contributed by atoms with Crippen molar-refractivity contribution in [1.82, 2.24) is 9.80 Å². The second kappa shape index (κ2) is 10.3. The fraction of sp³-hybridized carbons (Fsp3) is 0.440. The first-order chi connectivity index (χ1) is 14.8. The molecule has 2 amide bonds. The van der Waals surface area contributed by atoms with Gasteiger partial charge in [-0.15, -0.1) is 0 Å². The van der Waals surface area contributed by atoms with Crippen molar-refractivity contribution in [1.29, 1.82) is 0 Å². The Bertz CT molecular complexity index is 890. The number of primary amides is 1. The number of amides is 2. The van der Waals surface area contributed by atoms with E-state index in [2.05, 4.69) is 24.3 Å². The molecule has 0 aromatic heterocycles. The molecule has 2 aromatic carbocycles. The summed E-state index contributed by atoms with van der Waals surface area (Å²) in [6.07, 6.45) is 4.14. The molecule has 1 atom stereocenters. The number of hydrogen-bond acceptors (Lipinski definition) is 3. The highest BCUT2D eigenvalue weighted by molar-refractivity contribution is 6.30. The Morgan fingerprint density at radius 1 is 1.00 bits per heavy atom. The first kappa shape index (κ1) is 23.3. The quantitative estimate of drug-likeness (QED) is 0.690. The topological polar surface area (TPSA) is 66.6 Å². The van der Waals surface area contributed by atoms with Gasteiger partial charge in [-0.25, -0.2) is 0 Å². The first-order valence-electron chi connectivity index (χ1n) is 10.9. The lowest BCUT2D eigenvalue weighted by atomic mass is 9.81. The molecule has 0 spiro atoms. The summed E-state index contributed by atoms with van der Waals surface area (Å²) >= 11 is 5.93. The number of likely N-dealkylation sites (N-methyl/N-ethyl adjacent to an activating group) is 1. The Morgan fingerprint density at radius 2 is 1.58 bits per heavy atom. The van der Waals surface area contributed by atoms with Gasteiger partial charge in [-0.1, -0.05) is 35.9 Å². The normalized spacial score (nSPS) is 19.8. The maximum Gasteiger partial charge on any atom is 0.253 e. The number of hydrogen-bond donors (Lipinski definition) is 1. The van der Waals surface area contributed by atoms with Gasteiger partial charge in [0.1, 0.15) is 0 Å². The van der Waals surface area contributed by atoms with Gasteiger partial charge in [-0.2, -0.15) is 0 Å². The molecule has 166 valence electrons. The molecule has 31 heavy (non-hydrogen) atoms. The van der Waals surface area contributed by atoms with Crippen LogP contribution in [-0.2, 0) is 11.3 Å². The van der Waals surface area contributed by atoms with Crippen LogP contribution in [0, 0.1) is 0 Å². The van der Waals surface area contributed by atoms with Crippen LogP contribution in [0.15, 0.2) is 48.5 Å². The van der Waals surface area contributed by atoms with Crippen LogP contribution in [0.2, 0.25) is 5.02 Å². The minimum atomic E-state index is -0.310. The number of halogens is 1. The number of carbonyl (C=O) groups is 2. The van der Waals surface area contributed by atoms with Crippen molar-refractivity contribution in [2.45, 2.75) is 57.2 Å². The lowest BCUT2D eigenvalue weighted by Gasteiger charge is -2.35. The molecule has 0 radical (unpaired) electrons. The molecule has 1 saturated carbocycles. The third kappa shape index (κ3) is 5.86. The average Bonchev–Trinajstić information content (AvgIpc) is 2.78. The number of rotatable bonds is 7. The van der Waals surface area contributed by atoms with Gasteiger partial charge in [-0.05, 0) is 81.0 Å². The van der Waals surface area contributed by atoms with E-state index in [9.17, 15) is 9.59 Å². The Morgan fingerprint density at radius 3 is 2.13 bits per heavy atom. The minimum absolute atomic E-state index is 0.0544. The lowest BCUT2D eigenvalue weighted by molar-refractivity contribution is -0.122. The molecular weight excluding hydrogens is 410 g/mol. The van der Waals surface area contributed by atoms with Crippen molar-refractivity contribution >= 4 is 23.4 Å². The highest BCUT2D eigenvalue weighted by Gasteiger charge is 2.28. The molecule has 0 saturated heterocycles. The standard InChI is InChI=1S/C25H32ClN3O2/c1-17(24(27)30)28(2)16-18-4-6-19(7-5-18)20-10-14-23(15-11-20)29(3)25(31)21-8-12-22(26)13-9-21/h4-9,12-13,17,20,23H,10-11,14-16H2,1-3H3,(H2,27,30). The fourth-order valence-corrected chi connectivity index (χ4v) is 4.42. The van der Waals surface area contributed by atoms with Gasteiger partial charge < -0.3 is 10.6 Å². The third-order valence-electron chi connectivity index (χ3n) is 6.61. The highest BCUT2D eigenvalue weighted by atomic mass is 35.5. The number of nitrogens with zero attached hydrogens (tertiary/aromatic N) is 2. The summed E-state index contributed by atoms with van der Waals surface area (Å²) in [6, 6.07) is 15.8. The molecule has 1 unspecified atom stereocenters. The predicted octanol–water partition coefficient (Wildman–Crippen LogP) is 4.44. The Labute approximate surface area is 190 Å². The Balaban J connectivity index is 1.54. The third-order valence-corrected chi connectivity index (χ3v) is 6.86. The summed E-state index contributed by atoms with van der Waals surface area (Å²) in [6.45, 7) is 2.51. The van der Waals surface area contributed by atoms with E-state index in [1.54, 1.807) is 24.3 Å². The lowest BCUT2D eigenvalue weighted by Crippen LogP contribution is -2.39. The summed E-state index contributed by atoms with van der Waals surface area (Å²) in [4.78, 5) is 28.0. The summed E-state index contributed by atoms with van der Waals surface area (Å²) in [5.74, 6) is 0.265. The molecule has 0 aliphatic heterocycles. The molecular formula is C25H32ClN3O2. The van der Waals surface area contributed by atoms with Crippen molar-refractivity contribution in [2.24, 2.45) is 5.73 Å². The van der Waals surface area contributed by atoms with Gasteiger partial charge in [0.15, 0.2) is 0 Å². The molecule has 1 aliphatic rings. The van der Waals surface area contributed by atoms with Crippen LogP contribution in [-0.4, -0.2) is 47.8 Å². The summed E-state index contributed by atoms with van der Waals surface area (Å²) in [5.41, 5.74) is 8.59. The minimum Gasteiger partial charge on any atom is -0.368 e. The van der Waals surface area contributed by atoms with E-state index in [4.69, 9.17) is 17.3 Å². The molecule has 3 rings (SSSR count). The van der Waals surface area contributed by atoms with Crippen LogP contribution in [0.25, 0.3) is 0 Å². The largest absolute Gasteiger partial charge is 0.368 e. The van der Waals surface area contributed by atoms with Crippen LogP contribution >= 0.6 is 11.6 Å². The van der Waals surface area contributed by atoms with Gasteiger partial charge in [-0.3, -0.25) is 14.5 Å². The van der Waals surface area contributed by atoms with E-state index in [-0.39, 0.29) is 23.9 Å². The molecule has 1 aliphatic carbocycles. The Hall–Kier alpha value is -2.37. The van der Waals surface area contributed by atoms with E-state index < -0.39 is 0 Å². The highest BCUT2D eigenvalue weighted by Crippen LogP contribution is 2.35. The SMILES string of the molecule is CC(C(N)=O)N(C)Cc1ccc(C2CCC(N(C)C(=O)c3ccc(Cl)cc3)CC2)cc1. The van der Waals surface area contributed by atoms with Gasteiger partial charge in [0, 0.05) is 30.2 Å². The molecule has 2 aromatic rings. The van der Waals surface area contributed by atoms with Crippen molar-refractivity contribution in [2.75, 3.05) is 14.1 Å². The Kier molecular flexibility index (Phi) is 7.74. The van der Waals surface area contributed by atoms with Crippen molar-refractivity contribution in [3.8, 4) is 0 Å². The molecule has 1 fully saturated rings. The molecule has 5 nitrogen and oxygen atoms in total. The number of nitrogens with two attached hydrogens (primary N) is 1. The van der Waals surface area contributed by atoms with E-state index in [1.807, 2.05) is 30.8 Å². The average molecular weight is 442 g/mol. The van der Waals surface area contributed by atoms with Crippen molar-refractivity contribution in [3.63, 3.8) is 0 Å². The van der Waals surface area contributed by atoms with Crippen molar-refractivity contribution < 1.29 is 9.59 Å². The van der Waals surface area contributed by atoms with Crippen LogP contribution < -0.4 is 5.73 Å². The maximum absolute atomic E-state index is 12.8. The van der Waals surface area contributed by atoms with E-state index in [0.29, 0.717) is 23.0 Å². The zero-order chi connectivity index (χ0) is 22.5. The molecule has 0 heterocycles. The monoisotopic (exact) mass is 441 g/mol. The van der Waals surface area contributed by atoms with Crippen LogP contribution in [0.5, 0.6) is 0 Å². The second-order valence-corrected chi connectivity index (χ2v) is 9.10. The molecule has 6 heteroatoms. The summed E-state index contributed by atoms with van der Waals surface area (Å²) in [5, 5.41) is 0.639. The van der Waals surface area contributed by atoms with Crippen molar-refractivity contribution in [3.05, 3.63) is 70.2 Å². The van der Waals surface area contributed by atoms with Crippen LogP contribution in [0.3, 0.4) is 0 Å². The van der Waals surface area contributed by atoms with E-state index >= 15 is 0 Å². The predicted molar refractivity (Wildman–Crippen MR) is 125 cm³/mol. The summed E-state index contributed by atoms with van der Waals surface area (Å²) in [7, 11) is 3.81. The zero-order valence-corrected chi connectivity index (χ0v) is 19.3. The van der Waals surface area contributed by atoms with Gasteiger partial charge >= 0.3 is 0 Å². The van der Waals surface area contributed by atoms with Crippen LogP contribution in [0.1, 0.15) is 60.0 Å². The molecule has 2 N–H and O–H groups in total. The number of benzene rings is 2. The number of carbonyl (C=O) groups excluding carboxylic acids is 2. The molecule has 0 bridgehead atoms. The van der Waals surface area contributed by atoms with Crippen LogP contribution in [0.4, 0.5) is 0 Å². The van der Waals surface area contributed by atoms with Gasteiger partial charge in [0.05, 0.1) is 6.04 Å². The summed E-state index contributed by atoms with van der Waals surface area (Å²) < 4.78 is 0. The fourth-order valence-electron chi connectivity index (χ4n) is 4.30. The smallest absolute Gasteiger partial charge is 0.253 e. The van der Waals surface area contributed by atoms with E-state index in [1.165, 1.54) is 11.1 Å². The first-order valence-corrected chi connectivity index (χ1v) is 11.2. The zero-order valence-electron chi connectivity index (χ0n) is 18.6. The second-order valence-electron chi connectivity index (χ2n) is 8.66. The van der Waals surface area contributed by atoms with Gasteiger partial charge in [0.2, 0.25) is 5.91 Å². The van der Waals surface area contributed by atoms with E-state index in [0.717, 1.165) is 25.7 Å². The maximum atomic E-state index is 12.8.